The molecule has 0 bridgehead atoms. The van der Waals surface area contributed by atoms with E-state index in [-0.39, 0.29) is 0 Å². The van der Waals surface area contributed by atoms with Gasteiger partial charge in [-0.2, -0.15) is 0 Å². The standard InChI is InChI=1S/C15H16BrNO/c1-10-3-5-12(6-4-10)9-18-15-11(2)7-13(16)8-14(15)17/h3-8H,9,17H2,1-2H3. The van der Waals surface area contributed by atoms with Crippen LogP contribution < -0.4 is 10.5 Å². The van der Waals surface area contributed by atoms with Crippen molar-refractivity contribution < 1.29 is 4.74 Å². The highest BCUT2D eigenvalue weighted by Gasteiger charge is 2.06. The Bertz CT molecular complexity index is 526. The lowest BCUT2D eigenvalue weighted by Crippen LogP contribution is -2.00. The Morgan fingerprint density at radius 1 is 1.11 bits per heavy atom. The second-order valence-electron chi connectivity index (χ2n) is 4.42. The molecule has 0 spiro atoms. The molecule has 2 aromatic rings. The number of aryl methyl sites for hydroxylation is 2. The molecule has 0 unspecified atom stereocenters. The van der Waals surface area contributed by atoms with Gasteiger partial charge in [-0.05, 0) is 37.1 Å². The summed E-state index contributed by atoms with van der Waals surface area (Å²) in [6.07, 6.45) is 0. The van der Waals surface area contributed by atoms with Gasteiger partial charge in [0.1, 0.15) is 12.4 Å². The first-order chi connectivity index (χ1) is 8.56. The topological polar surface area (TPSA) is 35.2 Å². The molecule has 2 rings (SSSR count). The van der Waals surface area contributed by atoms with Gasteiger partial charge in [0, 0.05) is 4.47 Å². The minimum absolute atomic E-state index is 0.535. The highest BCUT2D eigenvalue weighted by atomic mass is 79.9. The summed E-state index contributed by atoms with van der Waals surface area (Å²) in [4.78, 5) is 0. The van der Waals surface area contributed by atoms with Crippen molar-refractivity contribution in [3.8, 4) is 5.75 Å². The van der Waals surface area contributed by atoms with Gasteiger partial charge in [-0.3, -0.25) is 0 Å². The third kappa shape index (κ3) is 3.05. The first-order valence-electron chi connectivity index (χ1n) is 5.80. The van der Waals surface area contributed by atoms with E-state index < -0.39 is 0 Å². The highest BCUT2D eigenvalue weighted by Crippen LogP contribution is 2.30. The van der Waals surface area contributed by atoms with E-state index in [2.05, 4.69) is 47.1 Å². The zero-order valence-corrected chi connectivity index (χ0v) is 12.1. The maximum atomic E-state index is 5.96. The van der Waals surface area contributed by atoms with E-state index in [1.807, 2.05) is 19.1 Å². The Morgan fingerprint density at radius 3 is 2.39 bits per heavy atom. The van der Waals surface area contributed by atoms with Gasteiger partial charge in [0.15, 0.2) is 0 Å². The fourth-order valence-electron chi connectivity index (χ4n) is 1.79. The van der Waals surface area contributed by atoms with Crippen LogP contribution in [0, 0.1) is 13.8 Å². The predicted molar refractivity (Wildman–Crippen MR) is 78.8 cm³/mol. The van der Waals surface area contributed by atoms with Crippen LogP contribution in [-0.4, -0.2) is 0 Å². The largest absolute Gasteiger partial charge is 0.486 e. The molecule has 0 atom stereocenters. The molecular weight excluding hydrogens is 290 g/mol. The van der Waals surface area contributed by atoms with Gasteiger partial charge in [0.2, 0.25) is 0 Å². The molecule has 0 heterocycles. The molecule has 94 valence electrons. The van der Waals surface area contributed by atoms with E-state index in [1.165, 1.54) is 5.56 Å². The number of anilines is 1. The molecule has 0 amide bonds. The maximum absolute atomic E-state index is 5.96. The number of ether oxygens (including phenoxy) is 1. The Labute approximate surface area is 116 Å². The summed E-state index contributed by atoms with van der Waals surface area (Å²) in [7, 11) is 0. The molecule has 0 fully saturated rings. The molecule has 18 heavy (non-hydrogen) atoms. The van der Waals surface area contributed by atoms with Gasteiger partial charge in [-0.15, -0.1) is 0 Å². The van der Waals surface area contributed by atoms with E-state index in [0.29, 0.717) is 12.3 Å². The minimum atomic E-state index is 0.535. The minimum Gasteiger partial charge on any atom is -0.486 e. The number of nitrogens with two attached hydrogens (primary N) is 1. The highest BCUT2D eigenvalue weighted by molar-refractivity contribution is 9.10. The molecule has 2 aromatic carbocycles. The van der Waals surface area contributed by atoms with Crippen LogP contribution in [0.15, 0.2) is 40.9 Å². The molecule has 0 saturated heterocycles. The number of rotatable bonds is 3. The van der Waals surface area contributed by atoms with Crippen molar-refractivity contribution in [2.75, 3.05) is 5.73 Å². The van der Waals surface area contributed by atoms with Crippen LogP contribution in [0.5, 0.6) is 5.75 Å². The van der Waals surface area contributed by atoms with Gasteiger partial charge in [0.05, 0.1) is 5.69 Å². The third-order valence-electron chi connectivity index (χ3n) is 2.77. The lowest BCUT2D eigenvalue weighted by molar-refractivity contribution is 0.306. The molecule has 0 aromatic heterocycles. The number of halogens is 1. The summed E-state index contributed by atoms with van der Waals surface area (Å²) in [5, 5.41) is 0. The quantitative estimate of drug-likeness (QED) is 0.861. The van der Waals surface area contributed by atoms with Crippen LogP contribution >= 0.6 is 15.9 Å². The van der Waals surface area contributed by atoms with Gasteiger partial charge in [0.25, 0.3) is 0 Å². The lowest BCUT2D eigenvalue weighted by Gasteiger charge is -2.12. The van der Waals surface area contributed by atoms with Crippen molar-refractivity contribution in [3.63, 3.8) is 0 Å². The first-order valence-corrected chi connectivity index (χ1v) is 6.59. The van der Waals surface area contributed by atoms with Crippen LogP contribution in [0.1, 0.15) is 16.7 Å². The summed E-state index contributed by atoms with van der Waals surface area (Å²) < 4.78 is 6.78. The van der Waals surface area contributed by atoms with E-state index in [1.54, 1.807) is 0 Å². The van der Waals surface area contributed by atoms with E-state index in [0.717, 1.165) is 21.3 Å². The lowest BCUT2D eigenvalue weighted by atomic mass is 10.1. The molecular formula is C15H16BrNO. The molecule has 0 radical (unpaired) electrons. The fourth-order valence-corrected chi connectivity index (χ4v) is 2.38. The van der Waals surface area contributed by atoms with Crippen LogP contribution in [0.25, 0.3) is 0 Å². The number of hydrogen-bond acceptors (Lipinski definition) is 2. The van der Waals surface area contributed by atoms with Gasteiger partial charge in [-0.25, -0.2) is 0 Å². The van der Waals surface area contributed by atoms with Gasteiger partial charge >= 0.3 is 0 Å². The summed E-state index contributed by atoms with van der Waals surface area (Å²) >= 11 is 3.42. The van der Waals surface area contributed by atoms with Crippen molar-refractivity contribution in [3.05, 3.63) is 57.6 Å². The van der Waals surface area contributed by atoms with Crippen molar-refractivity contribution >= 4 is 21.6 Å². The summed E-state index contributed by atoms with van der Waals surface area (Å²) in [6.45, 7) is 4.60. The van der Waals surface area contributed by atoms with Crippen LogP contribution in [0.3, 0.4) is 0 Å². The van der Waals surface area contributed by atoms with Crippen LogP contribution in [0.2, 0.25) is 0 Å². The average molecular weight is 306 g/mol. The van der Waals surface area contributed by atoms with Crippen LogP contribution in [0.4, 0.5) is 5.69 Å². The fraction of sp³-hybridized carbons (Fsp3) is 0.200. The zero-order valence-electron chi connectivity index (χ0n) is 10.5. The Morgan fingerprint density at radius 2 is 1.78 bits per heavy atom. The van der Waals surface area contributed by atoms with Crippen molar-refractivity contribution in [1.82, 2.24) is 0 Å². The van der Waals surface area contributed by atoms with Gasteiger partial charge < -0.3 is 10.5 Å². The maximum Gasteiger partial charge on any atom is 0.145 e. The van der Waals surface area contributed by atoms with Crippen molar-refractivity contribution in [1.29, 1.82) is 0 Å². The van der Waals surface area contributed by atoms with Crippen LogP contribution in [-0.2, 0) is 6.61 Å². The molecule has 0 aliphatic heterocycles. The molecule has 2 nitrogen and oxygen atoms in total. The predicted octanol–water partition coefficient (Wildman–Crippen LogP) is 4.23. The monoisotopic (exact) mass is 305 g/mol. The molecule has 2 N–H and O–H groups in total. The van der Waals surface area contributed by atoms with Crippen molar-refractivity contribution in [2.24, 2.45) is 0 Å². The molecule has 0 aliphatic carbocycles. The number of hydrogen-bond donors (Lipinski definition) is 1. The van der Waals surface area contributed by atoms with Gasteiger partial charge in [-0.1, -0.05) is 45.8 Å². The molecule has 0 aliphatic rings. The molecule has 0 saturated carbocycles. The average Bonchev–Trinajstić information content (AvgIpc) is 2.30. The Balaban J connectivity index is 2.13. The SMILES string of the molecule is Cc1ccc(COc2c(C)cc(Br)cc2N)cc1. The second-order valence-corrected chi connectivity index (χ2v) is 5.33. The third-order valence-corrected chi connectivity index (χ3v) is 3.23. The zero-order chi connectivity index (χ0) is 13.1. The Hall–Kier alpha value is -1.48. The van der Waals surface area contributed by atoms with Crippen molar-refractivity contribution in [2.45, 2.75) is 20.5 Å². The summed E-state index contributed by atoms with van der Waals surface area (Å²) in [5.74, 6) is 0.763. The van der Waals surface area contributed by atoms with E-state index in [4.69, 9.17) is 10.5 Å². The smallest absolute Gasteiger partial charge is 0.145 e. The summed E-state index contributed by atoms with van der Waals surface area (Å²) in [5.41, 5.74) is 10.0. The number of nitrogen functional groups attached to an aromatic ring is 1. The Kier molecular flexibility index (Phi) is 3.92. The normalized spacial score (nSPS) is 10.4. The molecule has 3 heteroatoms. The van der Waals surface area contributed by atoms with E-state index >= 15 is 0 Å². The second kappa shape index (κ2) is 5.44. The first kappa shape index (κ1) is 13.0. The number of benzene rings is 2. The van der Waals surface area contributed by atoms with E-state index in [9.17, 15) is 0 Å². The summed E-state index contributed by atoms with van der Waals surface area (Å²) in [6, 6.07) is 12.2.